The van der Waals surface area contributed by atoms with Gasteiger partial charge in [0.1, 0.15) is 5.82 Å². The molecular weight excluding hydrogens is 263 g/mol. The van der Waals surface area contributed by atoms with Gasteiger partial charge in [0.05, 0.1) is 0 Å². The molecule has 2 nitrogen and oxygen atoms in total. The SMILES string of the molecule is CC(C)(C)C1CCCN(C(CN)c2cccc(F)c2)CC1. The van der Waals surface area contributed by atoms with E-state index in [1.165, 1.54) is 25.3 Å². The van der Waals surface area contributed by atoms with Crippen LogP contribution < -0.4 is 5.73 Å². The monoisotopic (exact) mass is 292 g/mol. The Labute approximate surface area is 128 Å². The fourth-order valence-corrected chi connectivity index (χ4v) is 3.51. The molecule has 2 atom stereocenters. The Hall–Kier alpha value is -0.930. The minimum atomic E-state index is -0.173. The zero-order valence-corrected chi connectivity index (χ0v) is 13.6. The first-order valence-corrected chi connectivity index (χ1v) is 8.11. The Morgan fingerprint density at radius 2 is 2.05 bits per heavy atom. The average Bonchev–Trinajstić information content (AvgIpc) is 2.65. The second-order valence-electron chi connectivity index (χ2n) is 7.34. The number of rotatable bonds is 3. The molecule has 1 saturated heterocycles. The van der Waals surface area contributed by atoms with E-state index in [0.717, 1.165) is 24.6 Å². The van der Waals surface area contributed by atoms with Crippen molar-refractivity contribution < 1.29 is 4.39 Å². The number of hydrogen-bond acceptors (Lipinski definition) is 2. The highest BCUT2D eigenvalue weighted by molar-refractivity contribution is 5.20. The van der Waals surface area contributed by atoms with Gasteiger partial charge >= 0.3 is 0 Å². The summed E-state index contributed by atoms with van der Waals surface area (Å²) in [5, 5.41) is 0. The summed E-state index contributed by atoms with van der Waals surface area (Å²) in [4.78, 5) is 2.44. The van der Waals surface area contributed by atoms with Crippen molar-refractivity contribution in [1.82, 2.24) is 4.90 Å². The summed E-state index contributed by atoms with van der Waals surface area (Å²) in [7, 11) is 0. The first-order valence-electron chi connectivity index (χ1n) is 8.11. The van der Waals surface area contributed by atoms with Crippen LogP contribution in [0.25, 0.3) is 0 Å². The Balaban J connectivity index is 2.09. The molecule has 2 N–H and O–H groups in total. The van der Waals surface area contributed by atoms with Crippen LogP contribution in [-0.2, 0) is 0 Å². The van der Waals surface area contributed by atoms with Crippen LogP contribution in [0.1, 0.15) is 51.6 Å². The first kappa shape index (κ1) is 16.4. The summed E-state index contributed by atoms with van der Waals surface area (Å²) in [6.07, 6.45) is 3.68. The Kier molecular flexibility index (Phi) is 5.39. The second kappa shape index (κ2) is 6.89. The third-order valence-corrected chi connectivity index (χ3v) is 4.88. The number of benzene rings is 1. The van der Waals surface area contributed by atoms with Gasteiger partial charge in [-0.3, -0.25) is 4.90 Å². The summed E-state index contributed by atoms with van der Waals surface area (Å²) < 4.78 is 13.5. The third kappa shape index (κ3) is 4.27. The molecule has 1 aromatic carbocycles. The van der Waals surface area contributed by atoms with Gasteiger partial charge in [0.2, 0.25) is 0 Å². The quantitative estimate of drug-likeness (QED) is 0.913. The molecular formula is C18H29FN2. The van der Waals surface area contributed by atoms with Crippen LogP contribution in [0, 0.1) is 17.2 Å². The normalized spacial score (nSPS) is 22.8. The summed E-state index contributed by atoms with van der Waals surface area (Å²) >= 11 is 0. The van der Waals surface area contributed by atoms with E-state index in [2.05, 4.69) is 25.7 Å². The van der Waals surface area contributed by atoms with Crippen molar-refractivity contribution in [3.8, 4) is 0 Å². The highest BCUT2D eigenvalue weighted by Crippen LogP contribution is 2.35. The van der Waals surface area contributed by atoms with Gasteiger partial charge in [0, 0.05) is 12.6 Å². The predicted molar refractivity (Wildman–Crippen MR) is 86.6 cm³/mol. The molecule has 0 bridgehead atoms. The molecule has 21 heavy (non-hydrogen) atoms. The fourth-order valence-electron chi connectivity index (χ4n) is 3.51. The predicted octanol–water partition coefficient (Wildman–Crippen LogP) is 3.97. The van der Waals surface area contributed by atoms with Gasteiger partial charge in [0.25, 0.3) is 0 Å². The van der Waals surface area contributed by atoms with E-state index < -0.39 is 0 Å². The molecule has 0 saturated carbocycles. The zero-order valence-electron chi connectivity index (χ0n) is 13.6. The van der Waals surface area contributed by atoms with E-state index >= 15 is 0 Å². The molecule has 0 spiro atoms. The van der Waals surface area contributed by atoms with Crippen molar-refractivity contribution in [1.29, 1.82) is 0 Å². The summed E-state index contributed by atoms with van der Waals surface area (Å²) in [5.41, 5.74) is 7.37. The van der Waals surface area contributed by atoms with Crippen LogP contribution in [0.3, 0.4) is 0 Å². The lowest BCUT2D eigenvalue weighted by atomic mass is 9.77. The van der Waals surface area contributed by atoms with E-state index in [0.29, 0.717) is 12.0 Å². The minimum absolute atomic E-state index is 0.138. The van der Waals surface area contributed by atoms with Gasteiger partial charge in [-0.25, -0.2) is 4.39 Å². The lowest BCUT2D eigenvalue weighted by Crippen LogP contribution is -2.35. The zero-order chi connectivity index (χ0) is 15.5. The molecule has 2 rings (SSSR count). The van der Waals surface area contributed by atoms with Crippen molar-refractivity contribution >= 4 is 0 Å². The number of nitrogens with zero attached hydrogens (tertiary/aromatic N) is 1. The van der Waals surface area contributed by atoms with Crippen LogP contribution in [0.4, 0.5) is 4.39 Å². The van der Waals surface area contributed by atoms with E-state index in [-0.39, 0.29) is 11.9 Å². The molecule has 1 heterocycles. The van der Waals surface area contributed by atoms with Gasteiger partial charge < -0.3 is 5.73 Å². The minimum Gasteiger partial charge on any atom is -0.329 e. The van der Waals surface area contributed by atoms with Gasteiger partial charge in [-0.05, 0) is 61.4 Å². The van der Waals surface area contributed by atoms with E-state index in [9.17, 15) is 4.39 Å². The van der Waals surface area contributed by atoms with Gasteiger partial charge in [-0.2, -0.15) is 0 Å². The molecule has 1 aliphatic heterocycles. The Bertz CT molecular complexity index is 453. The first-order chi connectivity index (χ1) is 9.91. The number of likely N-dealkylation sites (tertiary alicyclic amines) is 1. The van der Waals surface area contributed by atoms with Crippen molar-refractivity contribution in [2.45, 2.75) is 46.1 Å². The lowest BCUT2D eigenvalue weighted by Gasteiger charge is -2.32. The topological polar surface area (TPSA) is 29.3 Å². The summed E-state index contributed by atoms with van der Waals surface area (Å²) in [6, 6.07) is 7.04. The number of hydrogen-bond donors (Lipinski definition) is 1. The van der Waals surface area contributed by atoms with Gasteiger partial charge in [0.15, 0.2) is 0 Å². The van der Waals surface area contributed by atoms with Crippen molar-refractivity contribution in [2.24, 2.45) is 17.1 Å². The smallest absolute Gasteiger partial charge is 0.123 e. The van der Waals surface area contributed by atoms with Crippen molar-refractivity contribution in [3.63, 3.8) is 0 Å². The Morgan fingerprint density at radius 3 is 2.67 bits per heavy atom. The molecule has 1 fully saturated rings. The number of halogens is 1. The van der Waals surface area contributed by atoms with E-state index in [1.54, 1.807) is 12.1 Å². The van der Waals surface area contributed by atoms with E-state index in [1.807, 2.05) is 6.07 Å². The van der Waals surface area contributed by atoms with Crippen LogP contribution >= 0.6 is 0 Å². The van der Waals surface area contributed by atoms with Gasteiger partial charge in [-0.15, -0.1) is 0 Å². The average molecular weight is 292 g/mol. The van der Waals surface area contributed by atoms with Crippen molar-refractivity contribution in [3.05, 3.63) is 35.6 Å². The molecule has 0 radical (unpaired) electrons. The lowest BCUT2D eigenvalue weighted by molar-refractivity contribution is 0.184. The van der Waals surface area contributed by atoms with E-state index in [4.69, 9.17) is 5.73 Å². The van der Waals surface area contributed by atoms with Crippen LogP contribution in [-0.4, -0.2) is 24.5 Å². The highest BCUT2D eigenvalue weighted by atomic mass is 19.1. The number of nitrogens with two attached hydrogens (primary N) is 1. The molecule has 0 aromatic heterocycles. The van der Waals surface area contributed by atoms with Crippen molar-refractivity contribution in [2.75, 3.05) is 19.6 Å². The summed E-state index contributed by atoms with van der Waals surface area (Å²) in [5.74, 6) is 0.585. The van der Waals surface area contributed by atoms with Crippen LogP contribution in [0.15, 0.2) is 24.3 Å². The molecule has 2 unspecified atom stereocenters. The maximum absolute atomic E-state index is 13.5. The van der Waals surface area contributed by atoms with Gasteiger partial charge in [-0.1, -0.05) is 32.9 Å². The molecule has 118 valence electrons. The maximum Gasteiger partial charge on any atom is 0.123 e. The largest absolute Gasteiger partial charge is 0.329 e. The van der Waals surface area contributed by atoms with Crippen LogP contribution in [0.5, 0.6) is 0 Å². The van der Waals surface area contributed by atoms with Crippen LogP contribution in [0.2, 0.25) is 0 Å². The maximum atomic E-state index is 13.5. The highest BCUT2D eigenvalue weighted by Gasteiger charge is 2.29. The molecule has 3 heteroatoms. The Morgan fingerprint density at radius 1 is 1.29 bits per heavy atom. The second-order valence-corrected chi connectivity index (χ2v) is 7.34. The fraction of sp³-hybridized carbons (Fsp3) is 0.667. The molecule has 1 aliphatic rings. The standard InChI is InChI=1S/C18H29FN2/c1-18(2,3)15-7-5-10-21(11-9-15)17(13-20)14-6-4-8-16(19)12-14/h4,6,8,12,15,17H,5,7,9-11,13,20H2,1-3H3. The molecule has 1 aromatic rings. The molecule has 0 aliphatic carbocycles. The third-order valence-electron chi connectivity index (χ3n) is 4.88. The summed E-state index contributed by atoms with van der Waals surface area (Å²) in [6.45, 7) is 9.66. The molecule has 0 amide bonds.